The van der Waals surface area contributed by atoms with Crippen LogP contribution in [0.15, 0.2) is 24.3 Å². The van der Waals surface area contributed by atoms with Crippen LogP contribution in [-0.2, 0) is 0 Å². The van der Waals surface area contributed by atoms with Crippen LogP contribution in [0.5, 0.6) is 5.75 Å². The van der Waals surface area contributed by atoms with Crippen LogP contribution in [0.2, 0.25) is 0 Å². The van der Waals surface area contributed by atoms with E-state index in [4.69, 9.17) is 10.5 Å². The van der Waals surface area contributed by atoms with Gasteiger partial charge in [-0.05, 0) is 37.1 Å². The van der Waals surface area contributed by atoms with Crippen molar-refractivity contribution in [3.8, 4) is 5.75 Å². The van der Waals surface area contributed by atoms with Crippen LogP contribution in [0.4, 0.5) is 9.18 Å². The van der Waals surface area contributed by atoms with E-state index in [1.807, 2.05) is 0 Å². The molecular weight excluding hydrogens is 223 g/mol. The minimum absolute atomic E-state index is 0.171. The summed E-state index contributed by atoms with van der Waals surface area (Å²) in [5, 5.41) is 0. The molecule has 1 amide bonds. The first-order valence-corrected chi connectivity index (χ1v) is 5.63. The van der Waals surface area contributed by atoms with Gasteiger partial charge < -0.3 is 15.4 Å². The van der Waals surface area contributed by atoms with Crippen molar-refractivity contribution in [1.29, 1.82) is 0 Å². The summed E-state index contributed by atoms with van der Waals surface area (Å²) < 4.78 is 17.8. The van der Waals surface area contributed by atoms with Crippen molar-refractivity contribution in [2.45, 2.75) is 18.9 Å². The van der Waals surface area contributed by atoms with Crippen LogP contribution in [0.25, 0.3) is 0 Å². The molecule has 0 spiro atoms. The third-order valence-electron chi connectivity index (χ3n) is 2.82. The molecule has 0 atom stereocenters. The second kappa shape index (κ2) is 5.14. The smallest absolute Gasteiger partial charge is 0.410 e. The zero-order valence-electron chi connectivity index (χ0n) is 9.43. The summed E-state index contributed by atoms with van der Waals surface area (Å²) in [5.41, 5.74) is 5.75. The second-order valence-electron chi connectivity index (χ2n) is 4.15. The lowest BCUT2D eigenvalue weighted by Crippen LogP contribution is -2.44. The Morgan fingerprint density at radius 2 is 1.88 bits per heavy atom. The number of carbonyl (C=O) groups excluding carboxylic acids is 1. The molecule has 2 N–H and O–H groups in total. The first kappa shape index (κ1) is 11.9. The lowest BCUT2D eigenvalue weighted by Gasteiger charge is -2.29. The van der Waals surface area contributed by atoms with Gasteiger partial charge in [-0.3, -0.25) is 0 Å². The minimum atomic E-state index is -0.400. The van der Waals surface area contributed by atoms with Crippen molar-refractivity contribution in [2.24, 2.45) is 5.73 Å². The molecule has 1 heterocycles. The highest BCUT2D eigenvalue weighted by Gasteiger charge is 2.21. The van der Waals surface area contributed by atoms with Crippen molar-refractivity contribution in [3.05, 3.63) is 30.1 Å². The molecule has 0 radical (unpaired) electrons. The largest absolute Gasteiger partial charge is 0.415 e. The maximum absolute atomic E-state index is 12.7. The van der Waals surface area contributed by atoms with E-state index in [-0.39, 0.29) is 11.9 Å². The Morgan fingerprint density at radius 3 is 2.47 bits per heavy atom. The third-order valence-corrected chi connectivity index (χ3v) is 2.82. The molecule has 1 aromatic rings. The zero-order chi connectivity index (χ0) is 12.3. The highest BCUT2D eigenvalue weighted by Crippen LogP contribution is 2.14. The predicted octanol–water partition coefficient (Wildman–Crippen LogP) is 1.75. The topological polar surface area (TPSA) is 55.6 Å². The fourth-order valence-corrected chi connectivity index (χ4v) is 1.75. The molecule has 1 fully saturated rings. The van der Waals surface area contributed by atoms with Crippen LogP contribution in [0, 0.1) is 5.82 Å². The lowest BCUT2D eigenvalue weighted by atomic mass is 10.1. The van der Waals surface area contributed by atoms with Crippen molar-refractivity contribution < 1.29 is 13.9 Å². The van der Waals surface area contributed by atoms with Crippen LogP contribution >= 0.6 is 0 Å². The van der Waals surface area contributed by atoms with E-state index in [1.54, 1.807) is 4.90 Å². The number of nitrogens with zero attached hydrogens (tertiary/aromatic N) is 1. The number of nitrogens with two attached hydrogens (primary N) is 1. The highest BCUT2D eigenvalue weighted by atomic mass is 19.1. The van der Waals surface area contributed by atoms with Crippen LogP contribution in [0.3, 0.4) is 0 Å². The average Bonchev–Trinajstić information content (AvgIpc) is 2.33. The van der Waals surface area contributed by atoms with Crippen LogP contribution < -0.4 is 10.5 Å². The first-order valence-electron chi connectivity index (χ1n) is 5.63. The molecule has 0 aliphatic carbocycles. The summed E-state index contributed by atoms with van der Waals surface area (Å²) in [6, 6.07) is 5.56. The Morgan fingerprint density at radius 1 is 1.29 bits per heavy atom. The summed E-state index contributed by atoms with van der Waals surface area (Å²) in [7, 11) is 0. The number of amides is 1. The number of hydrogen-bond donors (Lipinski definition) is 1. The zero-order valence-corrected chi connectivity index (χ0v) is 9.43. The Labute approximate surface area is 99.2 Å². The molecular formula is C12H15FN2O2. The molecule has 0 aromatic heterocycles. The van der Waals surface area contributed by atoms with Gasteiger partial charge in [0.05, 0.1) is 0 Å². The van der Waals surface area contributed by atoms with Crippen molar-refractivity contribution in [2.75, 3.05) is 13.1 Å². The van der Waals surface area contributed by atoms with E-state index in [0.717, 1.165) is 12.8 Å². The molecule has 0 bridgehead atoms. The van der Waals surface area contributed by atoms with Gasteiger partial charge in [-0.25, -0.2) is 9.18 Å². The van der Waals surface area contributed by atoms with E-state index in [0.29, 0.717) is 18.8 Å². The molecule has 1 aliphatic rings. The first-order chi connectivity index (χ1) is 8.15. The van der Waals surface area contributed by atoms with Gasteiger partial charge in [0.15, 0.2) is 0 Å². The number of halogens is 1. The lowest BCUT2D eigenvalue weighted by molar-refractivity contribution is 0.139. The maximum Gasteiger partial charge on any atom is 0.415 e. The van der Waals surface area contributed by atoms with Crippen molar-refractivity contribution in [3.63, 3.8) is 0 Å². The molecule has 1 aliphatic heterocycles. The molecule has 1 aromatic carbocycles. The normalized spacial score (nSPS) is 16.9. The van der Waals surface area contributed by atoms with Gasteiger partial charge >= 0.3 is 6.09 Å². The number of piperidine rings is 1. The van der Waals surface area contributed by atoms with Gasteiger partial charge in [0.2, 0.25) is 0 Å². The Bertz CT molecular complexity index is 386. The quantitative estimate of drug-likeness (QED) is 0.810. The molecule has 0 unspecified atom stereocenters. The summed E-state index contributed by atoms with van der Waals surface area (Å²) in [6.07, 6.45) is 1.18. The van der Waals surface area contributed by atoms with Gasteiger partial charge in [-0.2, -0.15) is 0 Å². The highest BCUT2D eigenvalue weighted by molar-refractivity contribution is 5.70. The van der Waals surface area contributed by atoms with E-state index in [2.05, 4.69) is 0 Å². The van der Waals surface area contributed by atoms with Crippen LogP contribution in [0.1, 0.15) is 12.8 Å². The molecule has 0 saturated carbocycles. The number of benzene rings is 1. The van der Waals surface area contributed by atoms with Crippen molar-refractivity contribution in [1.82, 2.24) is 4.90 Å². The fourth-order valence-electron chi connectivity index (χ4n) is 1.75. The van der Waals surface area contributed by atoms with Gasteiger partial charge in [-0.15, -0.1) is 0 Å². The van der Waals surface area contributed by atoms with Gasteiger partial charge in [0.25, 0.3) is 0 Å². The summed E-state index contributed by atoms with van der Waals surface area (Å²) in [5.74, 6) is 0.0000157. The number of hydrogen-bond acceptors (Lipinski definition) is 3. The standard InChI is InChI=1S/C12H15FN2O2/c13-9-1-3-11(4-2-9)17-12(16)15-7-5-10(14)6-8-15/h1-4,10H,5-8,14H2. The Kier molecular flexibility index (Phi) is 3.58. The number of ether oxygens (including phenoxy) is 1. The molecule has 92 valence electrons. The summed E-state index contributed by atoms with van der Waals surface area (Å²) in [4.78, 5) is 13.3. The number of carbonyl (C=O) groups is 1. The number of rotatable bonds is 1. The second-order valence-corrected chi connectivity index (χ2v) is 4.15. The summed E-state index contributed by atoms with van der Waals surface area (Å²) >= 11 is 0. The third kappa shape index (κ3) is 3.17. The predicted molar refractivity (Wildman–Crippen MR) is 61.2 cm³/mol. The van der Waals surface area contributed by atoms with Gasteiger partial charge in [0.1, 0.15) is 11.6 Å². The molecule has 1 saturated heterocycles. The van der Waals surface area contributed by atoms with Crippen LogP contribution in [-0.4, -0.2) is 30.1 Å². The Hall–Kier alpha value is -1.62. The molecule has 5 heteroatoms. The maximum atomic E-state index is 12.7. The SMILES string of the molecule is NC1CCN(C(=O)Oc2ccc(F)cc2)CC1. The molecule has 17 heavy (non-hydrogen) atoms. The average molecular weight is 238 g/mol. The summed E-state index contributed by atoms with van der Waals surface area (Å²) in [6.45, 7) is 1.22. The van der Waals surface area contributed by atoms with Gasteiger partial charge in [-0.1, -0.05) is 0 Å². The molecule has 2 rings (SSSR count). The van der Waals surface area contributed by atoms with E-state index in [1.165, 1.54) is 24.3 Å². The Balaban J connectivity index is 1.90. The minimum Gasteiger partial charge on any atom is -0.410 e. The van der Waals surface area contributed by atoms with E-state index >= 15 is 0 Å². The van der Waals surface area contributed by atoms with E-state index < -0.39 is 6.09 Å². The van der Waals surface area contributed by atoms with E-state index in [9.17, 15) is 9.18 Å². The number of likely N-dealkylation sites (tertiary alicyclic amines) is 1. The van der Waals surface area contributed by atoms with Gasteiger partial charge in [0, 0.05) is 19.1 Å². The monoisotopic (exact) mass is 238 g/mol. The fraction of sp³-hybridized carbons (Fsp3) is 0.417. The molecule has 4 nitrogen and oxygen atoms in total. The van der Waals surface area contributed by atoms with Crippen molar-refractivity contribution >= 4 is 6.09 Å².